The zero-order valence-electron chi connectivity index (χ0n) is 16.0. The lowest BCUT2D eigenvalue weighted by molar-refractivity contribution is -0.192. The third kappa shape index (κ3) is 5.70. The van der Waals surface area contributed by atoms with E-state index in [1.54, 1.807) is 12.1 Å². The topological polar surface area (TPSA) is 121 Å². The SMILES string of the molecule is Cc1ccccc1-c1ccccc1S(=O)(=O)c1csc(C(=N)N)c1.O=C(O)C(F)(F)F. The second-order valence-electron chi connectivity index (χ2n) is 6.18. The van der Waals surface area contributed by atoms with E-state index in [2.05, 4.69) is 0 Å². The number of aliphatic carboxylic acids is 1. The molecule has 0 aliphatic rings. The number of nitrogens with one attached hydrogen (secondary N) is 1. The average molecular weight is 470 g/mol. The predicted molar refractivity (Wildman–Crippen MR) is 111 cm³/mol. The number of thiophene rings is 1. The van der Waals surface area contributed by atoms with Gasteiger partial charge in [0, 0.05) is 10.9 Å². The van der Waals surface area contributed by atoms with Gasteiger partial charge in [0.1, 0.15) is 5.84 Å². The normalized spacial score (nSPS) is 11.4. The Morgan fingerprint density at radius 2 is 1.58 bits per heavy atom. The first-order chi connectivity index (χ1) is 14.4. The number of carboxylic acid groups (broad SMARTS) is 1. The Labute approximate surface area is 180 Å². The predicted octanol–water partition coefficient (Wildman–Crippen LogP) is 4.47. The summed E-state index contributed by atoms with van der Waals surface area (Å²) in [4.78, 5) is 9.76. The summed E-state index contributed by atoms with van der Waals surface area (Å²) >= 11 is 1.16. The van der Waals surface area contributed by atoms with Gasteiger partial charge in [-0.1, -0.05) is 42.5 Å². The molecule has 0 fully saturated rings. The van der Waals surface area contributed by atoms with Crippen LogP contribution in [0.5, 0.6) is 0 Å². The molecular formula is C20H17F3N2O4S2. The molecule has 3 rings (SSSR count). The van der Waals surface area contributed by atoms with Gasteiger partial charge in [0.2, 0.25) is 9.84 Å². The van der Waals surface area contributed by atoms with E-state index in [1.165, 1.54) is 11.4 Å². The fraction of sp³-hybridized carbons (Fsp3) is 0.100. The van der Waals surface area contributed by atoms with Crippen LogP contribution in [0.4, 0.5) is 13.2 Å². The highest BCUT2D eigenvalue weighted by Crippen LogP contribution is 2.34. The van der Waals surface area contributed by atoms with Crippen molar-refractivity contribution < 1.29 is 31.5 Å². The number of rotatable bonds is 4. The number of sulfone groups is 1. The van der Waals surface area contributed by atoms with Crippen molar-refractivity contribution in [2.24, 2.45) is 5.73 Å². The number of halogens is 3. The fourth-order valence-corrected chi connectivity index (χ4v) is 5.14. The summed E-state index contributed by atoms with van der Waals surface area (Å²) in [6.45, 7) is 1.96. The minimum atomic E-state index is -5.08. The number of aryl methyl sites for hydroxylation is 1. The summed E-state index contributed by atoms with van der Waals surface area (Å²) in [7, 11) is -3.69. The molecule has 0 radical (unpaired) electrons. The summed E-state index contributed by atoms with van der Waals surface area (Å²) in [5, 5.41) is 16.1. The molecule has 0 unspecified atom stereocenters. The molecule has 6 nitrogen and oxygen atoms in total. The van der Waals surface area contributed by atoms with Crippen LogP contribution < -0.4 is 5.73 Å². The van der Waals surface area contributed by atoms with Gasteiger partial charge in [0.25, 0.3) is 0 Å². The molecule has 11 heteroatoms. The number of benzene rings is 2. The molecule has 0 bridgehead atoms. The summed E-state index contributed by atoms with van der Waals surface area (Å²) < 4.78 is 57.9. The van der Waals surface area contributed by atoms with Crippen molar-refractivity contribution in [2.75, 3.05) is 0 Å². The van der Waals surface area contributed by atoms with Crippen molar-refractivity contribution in [3.05, 3.63) is 70.4 Å². The van der Waals surface area contributed by atoms with Crippen LogP contribution in [0.2, 0.25) is 0 Å². The molecule has 2 aromatic carbocycles. The van der Waals surface area contributed by atoms with Gasteiger partial charge in [-0.25, -0.2) is 13.2 Å². The monoisotopic (exact) mass is 470 g/mol. The zero-order valence-corrected chi connectivity index (χ0v) is 17.6. The van der Waals surface area contributed by atoms with E-state index in [-0.39, 0.29) is 15.6 Å². The lowest BCUT2D eigenvalue weighted by Crippen LogP contribution is -2.21. The van der Waals surface area contributed by atoms with Crippen LogP contribution in [0.3, 0.4) is 0 Å². The zero-order chi connectivity index (χ0) is 23.4. The summed E-state index contributed by atoms with van der Waals surface area (Å²) in [5.41, 5.74) is 8.02. The van der Waals surface area contributed by atoms with Crippen LogP contribution in [-0.4, -0.2) is 31.5 Å². The van der Waals surface area contributed by atoms with Gasteiger partial charge in [0.05, 0.1) is 14.7 Å². The van der Waals surface area contributed by atoms with Crippen LogP contribution in [0.15, 0.2) is 69.8 Å². The van der Waals surface area contributed by atoms with E-state index >= 15 is 0 Å². The number of carbonyl (C=O) groups is 1. The molecule has 164 valence electrons. The minimum Gasteiger partial charge on any atom is -0.475 e. The number of carboxylic acids is 1. The number of nitrogen functional groups attached to an aromatic ring is 1. The first-order valence-electron chi connectivity index (χ1n) is 8.49. The first-order valence-corrected chi connectivity index (χ1v) is 10.8. The summed E-state index contributed by atoms with van der Waals surface area (Å²) in [5.74, 6) is -2.89. The molecule has 1 heterocycles. The van der Waals surface area contributed by atoms with Crippen LogP contribution in [-0.2, 0) is 14.6 Å². The van der Waals surface area contributed by atoms with Crippen molar-refractivity contribution >= 4 is 33.0 Å². The molecule has 0 spiro atoms. The Hall–Kier alpha value is -3.18. The largest absolute Gasteiger partial charge is 0.490 e. The van der Waals surface area contributed by atoms with E-state index in [1.807, 2.05) is 43.3 Å². The Morgan fingerprint density at radius 3 is 2.06 bits per heavy atom. The molecule has 4 N–H and O–H groups in total. The maximum Gasteiger partial charge on any atom is 0.490 e. The number of nitrogens with two attached hydrogens (primary N) is 1. The first kappa shape index (κ1) is 24.1. The van der Waals surface area contributed by atoms with Crippen LogP contribution >= 0.6 is 11.3 Å². The van der Waals surface area contributed by atoms with Gasteiger partial charge in [-0.05, 0) is 30.2 Å². The van der Waals surface area contributed by atoms with Crippen molar-refractivity contribution in [2.45, 2.75) is 22.9 Å². The van der Waals surface area contributed by atoms with Crippen molar-refractivity contribution in [1.29, 1.82) is 5.41 Å². The minimum absolute atomic E-state index is 0.131. The molecule has 3 aromatic rings. The highest BCUT2D eigenvalue weighted by Gasteiger charge is 2.38. The van der Waals surface area contributed by atoms with E-state index in [4.69, 9.17) is 21.0 Å². The second-order valence-corrected chi connectivity index (χ2v) is 9.01. The van der Waals surface area contributed by atoms with Crippen LogP contribution in [0.1, 0.15) is 10.4 Å². The molecule has 0 saturated heterocycles. The standard InChI is InChI=1S/C18H16N2O2S2.C2HF3O2/c1-12-6-2-3-7-14(12)15-8-4-5-9-17(15)24(21,22)13-10-16(18(19)20)23-11-13;3-2(4,5)1(6)7/h2-11H,1H3,(H3,19,20);(H,6,7). The maximum absolute atomic E-state index is 13.1. The molecule has 31 heavy (non-hydrogen) atoms. The smallest absolute Gasteiger partial charge is 0.475 e. The Morgan fingerprint density at radius 1 is 1.06 bits per heavy atom. The molecule has 0 amide bonds. The van der Waals surface area contributed by atoms with Gasteiger partial charge in [-0.15, -0.1) is 11.3 Å². The molecule has 0 aliphatic heterocycles. The summed E-state index contributed by atoms with van der Waals surface area (Å²) in [6.07, 6.45) is -5.08. The van der Waals surface area contributed by atoms with Crippen molar-refractivity contribution in [3.8, 4) is 11.1 Å². The second kappa shape index (κ2) is 9.31. The third-order valence-electron chi connectivity index (χ3n) is 4.01. The molecule has 0 aliphatic carbocycles. The van der Waals surface area contributed by atoms with E-state index in [9.17, 15) is 21.6 Å². The molecular weight excluding hydrogens is 453 g/mol. The van der Waals surface area contributed by atoms with Gasteiger partial charge in [-0.3, -0.25) is 5.41 Å². The fourth-order valence-electron chi connectivity index (χ4n) is 2.53. The number of alkyl halides is 3. The Balaban J connectivity index is 0.000000423. The Bertz CT molecular complexity index is 1220. The van der Waals surface area contributed by atoms with Crippen LogP contribution in [0.25, 0.3) is 11.1 Å². The van der Waals surface area contributed by atoms with Crippen molar-refractivity contribution in [1.82, 2.24) is 0 Å². The molecule has 0 atom stereocenters. The summed E-state index contributed by atoms with van der Waals surface area (Å²) in [6, 6.07) is 16.1. The van der Waals surface area contributed by atoms with E-state index < -0.39 is 22.0 Å². The van der Waals surface area contributed by atoms with Gasteiger partial charge < -0.3 is 10.8 Å². The number of hydrogen-bond acceptors (Lipinski definition) is 5. The molecule has 1 aromatic heterocycles. The van der Waals surface area contributed by atoms with E-state index in [0.717, 1.165) is 22.5 Å². The van der Waals surface area contributed by atoms with Gasteiger partial charge in [-0.2, -0.15) is 13.2 Å². The highest BCUT2D eigenvalue weighted by atomic mass is 32.2. The molecule has 0 saturated carbocycles. The lowest BCUT2D eigenvalue weighted by atomic mass is 10.0. The quantitative estimate of drug-likeness (QED) is 0.384. The van der Waals surface area contributed by atoms with Gasteiger partial charge in [0.15, 0.2) is 0 Å². The number of hydrogen-bond donors (Lipinski definition) is 3. The highest BCUT2D eigenvalue weighted by molar-refractivity contribution is 7.91. The van der Waals surface area contributed by atoms with Crippen molar-refractivity contribution in [3.63, 3.8) is 0 Å². The Kier molecular flexibility index (Phi) is 7.24. The van der Waals surface area contributed by atoms with Gasteiger partial charge >= 0.3 is 12.1 Å². The number of amidine groups is 1. The van der Waals surface area contributed by atoms with E-state index in [0.29, 0.717) is 10.4 Å². The third-order valence-corrected chi connectivity index (χ3v) is 6.91. The maximum atomic E-state index is 13.1. The van der Waals surface area contributed by atoms with Crippen LogP contribution in [0, 0.1) is 12.3 Å². The lowest BCUT2D eigenvalue weighted by Gasteiger charge is -2.12. The average Bonchev–Trinajstić information content (AvgIpc) is 3.20.